The highest BCUT2D eigenvalue weighted by Crippen LogP contribution is 2.37. The molecular weight excluding hydrogens is 252 g/mol. The molecule has 3 aromatic carbocycles. The summed E-state index contributed by atoms with van der Waals surface area (Å²) in [5.41, 5.74) is 0.651. The number of hydrogen-bond donors (Lipinski definition) is 0. The first-order valence-electron chi connectivity index (χ1n) is 5.95. The number of hydrogen-bond acceptors (Lipinski definition) is 4. The number of benzene rings is 3. The van der Waals surface area contributed by atoms with Crippen LogP contribution in [-0.2, 0) is 9.59 Å². The van der Waals surface area contributed by atoms with Gasteiger partial charge in [0.15, 0.2) is 0 Å². The summed E-state index contributed by atoms with van der Waals surface area (Å²) in [6.45, 7) is 0. The fraction of sp³-hybridized carbons (Fsp3) is 0. The van der Waals surface area contributed by atoms with E-state index < -0.39 is 0 Å². The van der Waals surface area contributed by atoms with E-state index in [9.17, 15) is 9.59 Å². The van der Waals surface area contributed by atoms with E-state index in [1.54, 1.807) is 6.07 Å². The Morgan fingerprint density at radius 3 is 2.15 bits per heavy atom. The highest BCUT2D eigenvalue weighted by molar-refractivity contribution is 6.06. The maximum absolute atomic E-state index is 10.6. The first-order valence-corrected chi connectivity index (χ1v) is 5.95. The van der Waals surface area contributed by atoms with Crippen LogP contribution in [0.2, 0.25) is 0 Å². The molecule has 0 heterocycles. The van der Waals surface area contributed by atoms with Crippen molar-refractivity contribution < 1.29 is 9.59 Å². The van der Waals surface area contributed by atoms with Crippen LogP contribution < -0.4 is 0 Å². The van der Waals surface area contributed by atoms with Gasteiger partial charge in [-0.25, -0.2) is 9.59 Å². The molecule has 0 atom stereocenters. The third-order valence-corrected chi connectivity index (χ3v) is 3.16. The molecule has 0 aliphatic heterocycles. The number of rotatable bonds is 2. The molecule has 0 fully saturated rings. The second kappa shape index (κ2) is 4.90. The van der Waals surface area contributed by atoms with Gasteiger partial charge in [-0.1, -0.05) is 30.3 Å². The maximum Gasteiger partial charge on any atom is 0.240 e. The van der Waals surface area contributed by atoms with Gasteiger partial charge >= 0.3 is 0 Å². The zero-order chi connectivity index (χ0) is 13.9. The SMILES string of the molecule is O=C=Nc1ccc2cc3ccccc3cc2c1N=C=O. The van der Waals surface area contributed by atoms with E-state index in [4.69, 9.17) is 0 Å². The van der Waals surface area contributed by atoms with Gasteiger partial charge in [-0.15, -0.1) is 0 Å². The Labute approximate surface area is 114 Å². The smallest absolute Gasteiger partial charge is 0.211 e. The van der Waals surface area contributed by atoms with Crippen molar-refractivity contribution >= 4 is 45.1 Å². The van der Waals surface area contributed by atoms with Crippen molar-refractivity contribution in [3.05, 3.63) is 48.5 Å². The van der Waals surface area contributed by atoms with E-state index in [2.05, 4.69) is 9.98 Å². The average molecular weight is 260 g/mol. The molecular formula is C16H8N2O2. The summed E-state index contributed by atoms with van der Waals surface area (Å²) in [4.78, 5) is 28.3. The van der Waals surface area contributed by atoms with Gasteiger partial charge in [0, 0.05) is 5.39 Å². The molecule has 3 rings (SSSR count). The normalized spacial score (nSPS) is 10.0. The van der Waals surface area contributed by atoms with Gasteiger partial charge in [-0.3, -0.25) is 0 Å². The highest BCUT2D eigenvalue weighted by Gasteiger charge is 2.08. The van der Waals surface area contributed by atoms with Gasteiger partial charge in [0.2, 0.25) is 12.2 Å². The molecule has 0 saturated carbocycles. The second-order valence-electron chi connectivity index (χ2n) is 4.26. The van der Waals surface area contributed by atoms with Crippen molar-refractivity contribution in [2.24, 2.45) is 9.98 Å². The number of isocyanates is 2. The molecule has 0 aliphatic rings. The zero-order valence-electron chi connectivity index (χ0n) is 10.3. The van der Waals surface area contributed by atoms with Gasteiger partial charge < -0.3 is 0 Å². The molecule has 0 unspecified atom stereocenters. The number of nitrogens with zero attached hydrogens (tertiary/aromatic N) is 2. The summed E-state index contributed by atoms with van der Waals surface area (Å²) in [6.07, 6.45) is 2.98. The van der Waals surface area contributed by atoms with Crippen molar-refractivity contribution in [1.29, 1.82) is 0 Å². The van der Waals surface area contributed by atoms with E-state index in [-0.39, 0.29) is 0 Å². The lowest BCUT2D eigenvalue weighted by molar-refractivity contribution is 0.564. The number of fused-ring (bicyclic) bond motifs is 2. The lowest BCUT2D eigenvalue weighted by Crippen LogP contribution is -1.78. The van der Waals surface area contributed by atoms with E-state index in [1.165, 1.54) is 12.2 Å². The minimum atomic E-state index is 0.311. The molecule has 0 amide bonds. The Bertz CT molecular complexity index is 918. The Morgan fingerprint density at radius 1 is 0.750 bits per heavy atom. The van der Waals surface area contributed by atoms with E-state index >= 15 is 0 Å². The molecule has 0 aromatic heterocycles. The molecule has 3 aromatic rings. The maximum atomic E-state index is 10.6. The quantitative estimate of drug-likeness (QED) is 0.398. The highest BCUT2D eigenvalue weighted by atomic mass is 16.1. The summed E-state index contributed by atoms with van der Waals surface area (Å²) >= 11 is 0. The van der Waals surface area contributed by atoms with Gasteiger partial charge in [-0.2, -0.15) is 9.98 Å². The number of aliphatic imine (C=N–C) groups is 2. The van der Waals surface area contributed by atoms with E-state index in [1.807, 2.05) is 42.5 Å². The molecule has 4 nitrogen and oxygen atoms in total. The summed E-state index contributed by atoms with van der Waals surface area (Å²) < 4.78 is 0. The van der Waals surface area contributed by atoms with Crippen molar-refractivity contribution in [3.8, 4) is 0 Å². The molecule has 20 heavy (non-hydrogen) atoms. The minimum Gasteiger partial charge on any atom is -0.211 e. The Kier molecular flexibility index (Phi) is 2.94. The van der Waals surface area contributed by atoms with Gasteiger partial charge in [0.05, 0.1) is 0 Å². The third kappa shape index (κ3) is 1.91. The van der Waals surface area contributed by atoms with Crippen molar-refractivity contribution in [2.45, 2.75) is 0 Å². The van der Waals surface area contributed by atoms with Crippen LogP contribution in [0.1, 0.15) is 0 Å². The lowest BCUT2D eigenvalue weighted by Gasteiger charge is -2.06. The van der Waals surface area contributed by atoms with Crippen LogP contribution in [-0.4, -0.2) is 12.2 Å². The Hall–Kier alpha value is -3.06. The Balaban J connectivity index is 2.48. The first kappa shape index (κ1) is 12.0. The molecule has 0 bridgehead atoms. The van der Waals surface area contributed by atoms with Crippen molar-refractivity contribution in [3.63, 3.8) is 0 Å². The van der Waals surface area contributed by atoms with Gasteiger partial charge in [0.1, 0.15) is 11.4 Å². The number of carbonyl (C=O) groups excluding carboxylic acids is 2. The predicted molar refractivity (Wildman–Crippen MR) is 77.0 cm³/mol. The van der Waals surface area contributed by atoms with Crippen LogP contribution in [0.15, 0.2) is 58.5 Å². The van der Waals surface area contributed by atoms with Crippen LogP contribution >= 0.6 is 0 Å². The standard InChI is InChI=1S/C16H8N2O2/c19-9-17-15-6-5-13-7-11-3-1-2-4-12(11)8-14(13)16(15)18-10-20/h1-8H. The van der Waals surface area contributed by atoms with Gasteiger partial charge in [-0.05, 0) is 34.4 Å². The van der Waals surface area contributed by atoms with Crippen molar-refractivity contribution in [2.75, 3.05) is 0 Å². The van der Waals surface area contributed by atoms with Crippen molar-refractivity contribution in [1.82, 2.24) is 0 Å². The zero-order valence-corrected chi connectivity index (χ0v) is 10.3. The van der Waals surface area contributed by atoms with Crippen LogP contribution in [0, 0.1) is 0 Å². The fourth-order valence-corrected chi connectivity index (χ4v) is 2.29. The monoisotopic (exact) mass is 260 g/mol. The second-order valence-corrected chi connectivity index (χ2v) is 4.26. The summed E-state index contributed by atoms with van der Waals surface area (Å²) in [5, 5.41) is 3.79. The fourth-order valence-electron chi connectivity index (χ4n) is 2.29. The van der Waals surface area contributed by atoms with E-state index in [0.717, 1.165) is 21.5 Å². The third-order valence-electron chi connectivity index (χ3n) is 3.16. The predicted octanol–water partition coefficient (Wildman–Crippen LogP) is 3.93. The Morgan fingerprint density at radius 2 is 1.45 bits per heavy atom. The largest absolute Gasteiger partial charge is 0.240 e. The first-order chi connectivity index (χ1) is 9.83. The average Bonchev–Trinajstić information content (AvgIpc) is 2.48. The van der Waals surface area contributed by atoms with Crippen LogP contribution in [0.5, 0.6) is 0 Å². The molecule has 4 heteroatoms. The molecule has 0 aliphatic carbocycles. The lowest BCUT2D eigenvalue weighted by atomic mass is 10.0. The molecule has 0 spiro atoms. The summed E-state index contributed by atoms with van der Waals surface area (Å²) in [5.74, 6) is 0. The van der Waals surface area contributed by atoms with Crippen LogP contribution in [0.25, 0.3) is 21.5 Å². The molecule has 0 N–H and O–H groups in total. The topological polar surface area (TPSA) is 58.9 Å². The minimum absolute atomic E-state index is 0.311. The van der Waals surface area contributed by atoms with Crippen LogP contribution in [0.4, 0.5) is 11.4 Å². The van der Waals surface area contributed by atoms with Crippen LogP contribution in [0.3, 0.4) is 0 Å². The van der Waals surface area contributed by atoms with Gasteiger partial charge in [0.25, 0.3) is 0 Å². The molecule has 0 radical (unpaired) electrons. The summed E-state index contributed by atoms with van der Waals surface area (Å²) in [6, 6.07) is 15.3. The molecule has 0 saturated heterocycles. The van der Waals surface area contributed by atoms with E-state index in [0.29, 0.717) is 11.4 Å². The summed E-state index contributed by atoms with van der Waals surface area (Å²) in [7, 11) is 0. The molecule has 94 valence electrons.